The molecular weight excluding hydrogens is 148 g/mol. The van der Waals surface area contributed by atoms with Crippen LogP contribution in [0.2, 0.25) is 0 Å². The predicted octanol–water partition coefficient (Wildman–Crippen LogP) is 3.77. The molecule has 0 saturated heterocycles. The van der Waals surface area contributed by atoms with Gasteiger partial charge in [0.1, 0.15) is 0 Å². The van der Waals surface area contributed by atoms with Gasteiger partial charge in [-0.25, -0.2) is 0 Å². The van der Waals surface area contributed by atoms with Gasteiger partial charge in [-0.3, -0.25) is 0 Å². The van der Waals surface area contributed by atoms with E-state index in [-0.39, 0.29) is 0 Å². The SMILES string of the molecule is C1CCCCC1.CCCCOC. The van der Waals surface area contributed by atoms with Crippen molar-refractivity contribution in [1.82, 2.24) is 0 Å². The van der Waals surface area contributed by atoms with Gasteiger partial charge in [-0.15, -0.1) is 0 Å². The molecule has 0 unspecified atom stereocenters. The minimum Gasteiger partial charge on any atom is -0.385 e. The maximum atomic E-state index is 4.78. The van der Waals surface area contributed by atoms with Gasteiger partial charge in [0.15, 0.2) is 0 Å². The first-order valence-electron chi connectivity index (χ1n) is 5.40. The molecule has 1 aliphatic carbocycles. The van der Waals surface area contributed by atoms with E-state index < -0.39 is 0 Å². The van der Waals surface area contributed by atoms with Crippen LogP contribution in [-0.2, 0) is 4.74 Å². The average Bonchev–Trinajstić information content (AvgIpc) is 2.18. The van der Waals surface area contributed by atoms with E-state index in [2.05, 4.69) is 6.92 Å². The topological polar surface area (TPSA) is 9.23 Å². The molecule has 1 nitrogen and oxygen atoms in total. The zero-order valence-electron chi connectivity index (χ0n) is 8.77. The predicted molar refractivity (Wildman–Crippen MR) is 54.5 cm³/mol. The van der Waals surface area contributed by atoms with Crippen molar-refractivity contribution in [3.63, 3.8) is 0 Å². The maximum absolute atomic E-state index is 4.78. The van der Waals surface area contributed by atoms with Crippen LogP contribution in [0.5, 0.6) is 0 Å². The van der Waals surface area contributed by atoms with Crippen molar-refractivity contribution in [3.05, 3.63) is 0 Å². The number of hydrogen-bond donors (Lipinski definition) is 0. The van der Waals surface area contributed by atoms with E-state index >= 15 is 0 Å². The molecule has 0 aromatic carbocycles. The Kier molecular flexibility index (Phi) is 10.9. The molecule has 0 bridgehead atoms. The van der Waals surface area contributed by atoms with Crippen LogP contribution in [0.15, 0.2) is 0 Å². The van der Waals surface area contributed by atoms with Crippen LogP contribution in [-0.4, -0.2) is 13.7 Å². The van der Waals surface area contributed by atoms with Gasteiger partial charge in [-0.1, -0.05) is 51.9 Å². The Balaban J connectivity index is 0.000000202. The highest BCUT2D eigenvalue weighted by Crippen LogP contribution is 2.15. The van der Waals surface area contributed by atoms with Gasteiger partial charge in [-0.2, -0.15) is 0 Å². The fourth-order valence-corrected chi connectivity index (χ4v) is 1.35. The Labute approximate surface area is 77.5 Å². The van der Waals surface area contributed by atoms with Crippen LogP contribution < -0.4 is 0 Å². The second-order valence-corrected chi connectivity index (χ2v) is 3.47. The summed E-state index contributed by atoms with van der Waals surface area (Å²) in [5.74, 6) is 0. The molecule has 0 aliphatic heterocycles. The van der Waals surface area contributed by atoms with Crippen LogP contribution in [0.4, 0.5) is 0 Å². The lowest BCUT2D eigenvalue weighted by atomic mass is 10.0. The Bertz CT molecular complexity index is 51.9. The van der Waals surface area contributed by atoms with Crippen LogP contribution in [0.3, 0.4) is 0 Å². The van der Waals surface area contributed by atoms with Crippen molar-refractivity contribution in [3.8, 4) is 0 Å². The first-order chi connectivity index (χ1) is 5.91. The van der Waals surface area contributed by atoms with Gasteiger partial charge in [0.25, 0.3) is 0 Å². The Hall–Kier alpha value is -0.0400. The van der Waals surface area contributed by atoms with Gasteiger partial charge in [-0.05, 0) is 6.42 Å². The van der Waals surface area contributed by atoms with Gasteiger partial charge < -0.3 is 4.74 Å². The summed E-state index contributed by atoms with van der Waals surface area (Å²) in [4.78, 5) is 0. The van der Waals surface area contributed by atoms with E-state index in [1.165, 1.54) is 51.4 Å². The van der Waals surface area contributed by atoms with E-state index in [1.54, 1.807) is 7.11 Å². The third-order valence-electron chi connectivity index (χ3n) is 2.20. The monoisotopic (exact) mass is 172 g/mol. The normalized spacial score (nSPS) is 16.5. The molecule has 74 valence electrons. The number of rotatable bonds is 3. The van der Waals surface area contributed by atoms with Gasteiger partial charge >= 0.3 is 0 Å². The molecule has 0 N–H and O–H groups in total. The highest BCUT2D eigenvalue weighted by atomic mass is 16.5. The lowest BCUT2D eigenvalue weighted by Gasteiger charge is -2.05. The summed E-state index contributed by atoms with van der Waals surface area (Å²) in [5, 5.41) is 0. The molecule has 0 spiro atoms. The summed E-state index contributed by atoms with van der Waals surface area (Å²) < 4.78 is 4.78. The number of hydrogen-bond acceptors (Lipinski definition) is 1. The summed E-state index contributed by atoms with van der Waals surface area (Å²) in [6.45, 7) is 3.07. The van der Waals surface area contributed by atoms with E-state index in [4.69, 9.17) is 4.74 Å². The van der Waals surface area contributed by atoms with Crippen molar-refractivity contribution >= 4 is 0 Å². The summed E-state index contributed by atoms with van der Waals surface area (Å²) >= 11 is 0. The summed E-state index contributed by atoms with van der Waals surface area (Å²) in [7, 11) is 1.73. The van der Waals surface area contributed by atoms with Gasteiger partial charge in [0.2, 0.25) is 0 Å². The molecule has 1 heteroatoms. The maximum Gasteiger partial charge on any atom is 0.0462 e. The van der Waals surface area contributed by atoms with Crippen molar-refractivity contribution in [1.29, 1.82) is 0 Å². The zero-order valence-corrected chi connectivity index (χ0v) is 8.77. The van der Waals surface area contributed by atoms with Crippen LogP contribution in [0, 0.1) is 0 Å². The quantitative estimate of drug-likeness (QED) is 0.589. The number of unbranched alkanes of at least 4 members (excludes halogenated alkanes) is 1. The van der Waals surface area contributed by atoms with Crippen molar-refractivity contribution in [2.75, 3.05) is 13.7 Å². The molecule has 0 heterocycles. The third kappa shape index (κ3) is 9.96. The first kappa shape index (κ1) is 12.0. The van der Waals surface area contributed by atoms with Crippen LogP contribution in [0.1, 0.15) is 58.3 Å². The standard InChI is InChI=1S/C6H12.C5H12O/c1-2-4-6-5-3-1;1-3-4-5-6-2/h1-6H2;3-5H2,1-2H3. The largest absolute Gasteiger partial charge is 0.385 e. The molecule has 0 amide bonds. The van der Waals surface area contributed by atoms with E-state index in [0.717, 1.165) is 6.61 Å². The Morgan fingerprint density at radius 1 is 0.917 bits per heavy atom. The van der Waals surface area contributed by atoms with E-state index in [0.29, 0.717) is 0 Å². The molecule has 0 radical (unpaired) electrons. The smallest absolute Gasteiger partial charge is 0.0462 e. The second kappa shape index (κ2) is 11.0. The minimum absolute atomic E-state index is 0.913. The lowest BCUT2D eigenvalue weighted by molar-refractivity contribution is 0.194. The van der Waals surface area contributed by atoms with Crippen molar-refractivity contribution < 1.29 is 4.74 Å². The fraction of sp³-hybridized carbons (Fsp3) is 1.00. The van der Waals surface area contributed by atoms with E-state index in [1.807, 2.05) is 0 Å². The molecule has 1 fully saturated rings. The molecule has 12 heavy (non-hydrogen) atoms. The van der Waals surface area contributed by atoms with E-state index in [9.17, 15) is 0 Å². The first-order valence-corrected chi connectivity index (χ1v) is 5.40. The Morgan fingerprint density at radius 2 is 1.33 bits per heavy atom. The molecular formula is C11H24O. The highest BCUT2D eigenvalue weighted by Gasteiger charge is 1.95. The molecule has 1 rings (SSSR count). The third-order valence-corrected chi connectivity index (χ3v) is 2.20. The summed E-state index contributed by atoms with van der Waals surface area (Å²) in [6, 6.07) is 0. The van der Waals surface area contributed by atoms with Gasteiger partial charge in [0, 0.05) is 13.7 Å². The molecule has 0 aromatic heterocycles. The van der Waals surface area contributed by atoms with Crippen molar-refractivity contribution in [2.45, 2.75) is 58.3 Å². The fourth-order valence-electron chi connectivity index (χ4n) is 1.35. The molecule has 0 aromatic rings. The summed E-state index contributed by atoms with van der Waals surface area (Å²) in [5.41, 5.74) is 0. The molecule has 1 aliphatic rings. The lowest BCUT2D eigenvalue weighted by Crippen LogP contribution is -1.85. The van der Waals surface area contributed by atoms with Gasteiger partial charge in [0.05, 0.1) is 0 Å². The average molecular weight is 172 g/mol. The minimum atomic E-state index is 0.913. The molecule has 0 atom stereocenters. The number of ether oxygens (including phenoxy) is 1. The number of methoxy groups -OCH3 is 1. The summed E-state index contributed by atoms with van der Waals surface area (Å²) in [6.07, 6.45) is 11.4. The van der Waals surface area contributed by atoms with Crippen LogP contribution in [0.25, 0.3) is 0 Å². The van der Waals surface area contributed by atoms with Crippen molar-refractivity contribution in [2.24, 2.45) is 0 Å². The Morgan fingerprint density at radius 3 is 1.50 bits per heavy atom. The highest BCUT2D eigenvalue weighted by molar-refractivity contribution is 4.51. The van der Waals surface area contributed by atoms with Crippen LogP contribution >= 0.6 is 0 Å². The zero-order chi connectivity index (χ0) is 9.07. The second-order valence-electron chi connectivity index (χ2n) is 3.47. The molecule has 1 saturated carbocycles.